The zero-order valence-electron chi connectivity index (χ0n) is 8.18. The minimum Gasteiger partial charge on any atom is -0.211 e. The normalized spacial score (nSPS) is 13.1. The van der Waals surface area contributed by atoms with Gasteiger partial charge < -0.3 is 0 Å². The molecule has 0 unspecified atom stereocenters. The Balaban J connectivity index is 3.14. The van der Waals surface area contributed by atoms with Gasteiger partial charge in [0, 0.05) is 5.02 Å². The predicted molar refractivity (Wildman–Crippen MR) is 53.0 cm³/mol. The first kappa shape index (κ1) is 12.7. The van der Waals surface area contributed by atoms with Gasteiger partial charge in [-0.15, -0.1) is 0 Å². The van der Waals surface area contributed by atoms with Crippen LogP contribution in [0.5, 0.6) is 0 Å². The van der Waals surface area contributed by atoms with Crippen molar-refractivity contribution in [2.75, 3.05) is 0 Å². The summed E-state index contributed by atoms with van der Waals surface area (Å²) >= 11 is 5.68. The quantitative estimate of drug-likeness (QED) is 0.580. The van der Waals surface area contributed by atoms with Gasteiger partial charge >= 0.3 is 6.18 Å². The van der Waals surface area contributed by atoms with E-state index >= 15 is 0 Å². The fraction of sp³-hybridized carbons (Fsp3) is 0.300. The van der Waals surface area contributed by atoms with Crippen molar-refractivity contribution in [3.63, 3.8) is 0 Å². The maximum absolute atomic E-state index is 12.3. The highest BCUT2D eigenvalue weighted by Gasteiger charge is 2.31. The first-order chi connectivity index (χ1) is 7.36. The monoisotopic (exact) mass is 249 g/mol. The molecule has 1 aromatic rings. The molecule has 0 radical (unpaired) electrons. The number of carbonyl (C=O) groups excluding carboxylic acids is 1. The van der Waals surface area contributed by atoms with Crippen LogP contribution in [-0.4, -0.2) is 6.08 Å². The Hall–Kier alpha value is -1.32. The Bertz CT molecular complexity index is 438. The number of isocyanates is 1. The molecule has 6 heteroatoms. The zero-order chi connectivity index (χ0) is 12.3. The number of nitrogens with zero attached hydrogens (tertiary/aromatic N) is 1. The zero-order valence-corrected chi connectivity index (χ0v) is 8.93. The molecule has 0 saturated carbocycles. The van der Waals surface area contributed by atoms with Crippen LogP contribution in [0, 0.1) is 0 Å². The van der Waals surface area contributed by atoms with E-state index in [4.69, 9.17) is 11.6 Å². The second-order valence-electron chi connectivity index (χ2n) is 3.13. The summed E-state index contributed by atoms with van der Waals surface area (Å²) in [5.41, 5.74) is -0.471. The molecule has 1 aromatic carbocycles. The standard InChI is InChI=1S/C10H7ClF3NO/c1-6(15-5-16)8-3-2-7(4-9(8)11)10(12,13)14/h2-4,6H,1H3/t6-/m0/s1. The average Bonchev–Trinajstić information content (AvgIpc) is 2.16. The molecule has 16 heavy (non-hydrogen) atoms. The van der Waals surface area contributed by atoms with E-state index in [0.29, 0.717) is 5.56 Å². The summed E-state index contributed by atoms with van der Waals surface area (Å²) in [5.74, 6) is 0. The number of hydrogen-bond donors (Lipinski definition) is 0. The third-order valence-corrected chi connectivity index (χ3v) is 2.35. The molecular formula is C10H7ClF3NO. The molecule has 0 N–H and O–H groups in total. The molecule has 0 spiro atoms. The van der Waals surface area contributed by atoms with Crippen molar-refractivity contribution in [2.45, 2.75) is 19.1 Å². The van der Waals surface area contributed by atoms with Crippen molar-refractivity contribution in [3.8, 4) is 0 Å². The van der Waals surface area contributed by atoms with Crippen molar-refractivity contribution in [2.24, 2.45) is 4.99 Å². The van der Waals surface area contributed by atoms with Crippen LogP contribution in [0.15, 0.2) is 23.2 Å². The predicted octanol–water partition coefficient (Wildman–Crippen LogP) is 3.76. The second kappa shape index (κ2) is 4.68. The summed E-state index contributed by atoms with van der Waals surface area (Å²) in [5, 5.41) is -0.0682. The number of rotatable bonds is 2. The summed E-state index contributed by atoms with van der Waals surface area (Å²) in [6.45, 7) is 1.54. The molecule has 86 valence electrons. The molecule has 1 rings (SSSR count). The summed E-state index contributed by atoms with van der Waals surface area (Å²) in [4.78, 5) is 13.4. The molecular weight excluding hydrogens is 243 g/mol. The van der Waals surface area contributed by atoms with E-state index in [0.717, 1.165) is 12.1 Å². The minimum atomic E-state index is -4.43. The molecule has 2 nitrogen and oxygen atoms in total. The second-order valence-corrected chi connectivity index (χ2v) is 3.54. The smallest absolute Gasteiger partial charge is 0.211 e. The van der Waals surface area contributed by atoms with Crippen LogP contribution < -0.4 is 0 Å². The van der Waals surface area contributed by atoms with Gasteiger partial charge in [-0.25, -0.2) is 4.79 Å². The number of halogens is 4. The SMILES string of the molecule is C[C@H](N=C=O)c1ccc(C(F)(F)F)cc1Cl. The number of benzene rings is 1. The highest BCUT2D eigenvalue weighted by Crippen LogP contribution is 2.34. The Labute approximate surface area is 94.7 Å². The minimum absolute atomic E-state index is 0.0682. The van der Waals surface area contributed by atoms with Gasteiger partial charge in [0.1, 0.15) is 0 Å². The maximum atomic E-state index is 12.3. The van der Waals surface area contributed by atoms with Crippen LogP contribution in [0.3, 0.4) is 0 Å². The summed E-state index contributed by atoms with van der Waals surface area (Å²) in [6.07, 6.45) is -3.10. The van der Waals surface area contributed by atoms with Crippen LogP contribution in [0.25, 0.3) is 0 Å². The summed E-state index contributed by atoms with van der Waals surface area (Å²) in [7, 11) is 0. The van der Waals surface area contributed by atoms with Gasteiger partial charge in [-0.2, -0.15) is 18.2 Å². The van der Waals surface area contributed by atoms with E-state index < -0.39 is 17.8 Å². The molecule has 0 saturated heterocycles. The lowest BCUT2D eigenvalue weighted by Gasteiger charge is -2.11. The van der Waals surface area contributed by atoms with Gasteiger partial charge in [-0.3, -0.25) is 0 Å². The first-order valence-electron chi connectivity index (χ1n) is 4.30. The molecule has 0 bridgehead atoms. The fourth-order valence-electron chi connectivity index (χ4n) is 1.19. The van der Waals surface area contributed by atoms with E-state index in [1.54, 1.807) is 6.92 Å². The Morgan fingerprint density at radius 1 is 1.44 bits per heavy atom. The fourth-order valence-corrected chi connectivity index (χ4v) is 1.53. The topological polar surface area (TPSA) is 29.4 Å². The van der Waals surface area contributed by atoms with Crippen LogP contribution in [-0.2, 0) is 11.0 Å². The van der Waals surface area contributed by atoms with Gasteiger partial charge in [0.05, 0.1) is 11.6 Å². The Kier molecular flexibility index (Phi) is 3.73. The van der Waals surface area contributed by atoms with Crippen molar-refractivity contribution in [1.82, 2.24) is 0 Å². The van der Waals surface area contributed by atoms with Crippen molar-refractivity contribution >= 4 is 17.7 Å². The van der Waals surface area contributed by atoms with Crippen LogP contribution in [0.4, 0.5) is 13.2 Å². The van der Waals surface area contributed by atoms with Crippen LogP contribution in [0.2, 0.25) is 5.02 Å². The van der Waals surface area contributed by atoms with Crippen LogP contribution in [0.1, 0.15) is 24.1 Å². The average molecular weight is 250 g/mol. The Morgan fingerprint density at radius 2 is 2.06 bits per heavy atom. The van der Waals surface area contributed by atoms with Crippen LogP contribution >= 0.6 is 11.6 Å². The first-order valence-corrected chi connectivity index (χ1v) is 4.67. The molecule has 0 aliphatic rings. The van der Waals surface area contributed by atoms with E-state index in [9.17, 15) is 18.0 Å². The van der Waals surface area contributed by atoms with E-state index in [-0.39, 0.29) is 5.02 Å². The van der Waals surface area contributed by atoms with Crippen molar-refractivity contribution in [1.29, 1.82) is 0 Å². The summed E-state index contributed by atoms with van der Waals surface area (Å²) in [6, 6.07) is 2.31. The van der Waals surface area contributed by atoms with E-state index in [1.165, 1.54) is 12.1 Å². The molecule has 0 amide bonds. The van der Waals surface area contributed by atoms with E-state index in [2.05, 4.69) is 4.99 Å². The van der Waals surface area contributed by atoms with Gasteiger partial charge in [0.15, 0.2) is 0 Å². The lowest BCUT2D eigenvalue weighted by molar-refractivity contribution is -0.137. The van der Waals surface area contributed by atoms with Gasteiger partial charge in [-0.05, 0) is 24.6 Å². The highest BCUT2D eigenvalue weighted by atomic mass is 35.5. The van der Waals surface area contributed by atoms with Crippen molar-refractivity contribution in [3.05, 3.63) is 34.3 Å². The third kappa shape index (κ3) is 2.84. The number of alkyl halides is 3. The molecule has 0 aliphatic heterocycles. The van der Waals surface area contributed by atoms with E-state index in [1.807, 2.05) is 0 Å². The molecule has 0 aromatic heterocycles. The number of hydrogen-bond acceptors (Lipinski definition) is 2. The lowest BCUT2D eigenvalue weighted by Crippen LogP contribution is -2.05. The maximum Gasteiger partial charge on any atom is 0.416 e. The van der Waals surface area contributed by atoms with Crippen molar-refractivity contribution < 1.29 is 18.0 Å². The van der Waals surface area contributed by atoms with Gasteiger partial charge in [0.25, 0.3) is 0 Å². The largest absolute Gasteiger partial charge is 0.416 e. The van der Waals surface area contributed by atoms with Gasteiger partial charge in [0.2, 0.25) is 6.08 Å². The lowest BCUT2D eigenvalue weighted by atomic mass is 10.1. The van der Waals surface area contributed by atoms with Gasteiger partial charge in [-0.1, -0.05) is 17.7 Å². The third-order valence-electron chi connectivity index (χ3n) is 2.02. The Morgan fingerprint density at radius 3 is 2.50 bits per heavy atom. The highest BCUT2D eigenvalue weighted by molar-refractivity contribution is 6.31. The summed E-state index contributed by atoms with van der Waals surface area (Å²) < 4.78 is 36.9. The molecule has 0 heterocycles. The molecule has 0 fully saturated rings. The number of aliphatic imine (C=N–C) groups is 1. The molecule has 1 atom stereocenters. The molecule has 0 aliphatic carbocycles.